The lowest BCUT2D eigenvalue weighted by Crippen LogP contribution is -2.21. The number of carbonyl (C=O) groups is 1. The molecule has 2 rings (SSSR count). The molecule has 14 heteroatoms. The second kappa shape index (κ2) is 9.12. The summed E-state index contributed by atoms with van der Waals surface area (Å²) in [5, 5.41) is 5.76. The molecule has 24 heavy (non-hydrogen) atoms. The van der Waals surface area contributed by atoms with Gasteiger partial charge >= 0.3 is 6.03 Å². The molecule has 0 fully saturated rings. The van der Waals surface area contributed by atoms with Gasteiger partial charge in [0, 0.05) is 12.4 Å². The van der Waals surface area contributed by atoms with Crippen molar-refractivity contribution in [3.63, 3.8) is 0 Å². The van der Waals surface area contributed by atoms with Crippen LogP contribution in [0.2, 0.25) is 0 Å². The van der Waals surface area contributed by atoms with E-state index < -0.39 is 96.9 Å². The van der Waals surface area contributed by atoms with Crippen LogP contribution in [-0.2, 0) is 0 Å². The summed E-state index contributed by atoms with van der Waals surface area (Å²) in [6.45, 7) is 0. The summed E-state index contributed by atoms with van der Waals surface area (Å²) < 4.78 is 66.8. The summed E-state index contributed by atoms with van der Waals surface area (Å²) in [4.78, 5) is 9.01. The number of hydrogen-bond donors (Lipinski definition) is 1. The highest BCUT2D eigenvalue weighted by molar-refractivity contribution is 8.00. The third kappa shape index (κ3) is 3.76. The summed E-state index contributed by atoms with van der Waals surface area (Å²) in [5.41, 5.74) is -0.520. The minimum atomic E-state index is -0.920. The van der Waals surface area contributed by atoms with Crippen LogP contribution in [-0.4, -0.2) is 15.8 Å². The molecular formula is C10H4F5N3OS5. The van der Waals surface area contributed by atoms with Gasteiger partial charge in [-0.25, -0.2) is 4.79 Å². The maximum absolute atomic E-state index is 13.3. The molecular weight excluding hydrogens is 433 g/mol. The molecule has 1 amide bonds. The fourth-order valence-corrected chi connectivity index (χ4v) is 4.52. The maximum Gasteiger partial charge on any atom is 0.346 e. The monoisotopic (exact) mass is 437 g/mol. The molecule has 0 aliphatic heterocycles. The molecule has 0 radical (unpaired) electrons. The molecule has 0 atom stereocenters. The highest BCUT2D eigenvalue weighted by Crippen LogP contribution is 2.54. The van der Waals surface area contributed by atoms with Gasteiger partial charge in [0.25, 0.3) is 0 Å². The van der Waals surface area contributed by atoms with Crippen molar-refractivity contribution in [2.45, 2.75) is 24.5 Å². The lowest BCUT2D eigenvalue weighted by molar-refractivity contribution is 0.251. The summed E-state index contributed by atoms with van der Waals surface area (Å²) in [6.07, 6.45) is 2.53. The Morgan fingerprint density at radius 3 is 1.71 bits per heavy atom. The lowest BCUT2D eigenvalue weighted by atomic mass is 10.3. The molecule has 1 aromatic heterocycles. The second-order valence-corrected chi connectivity index (χ2v) is 6.60. The van der Waals surface area contributed by atoms with Crippen molar-refractivity contribution in [3.05, 3.63) is 18.5 Å². The highest BCUT2D eigenvalue weighted by atomic mass is 32.2. The molecule has 0 spiro atoms. The highest BCUT2D eigenvalue weighted by Gasteiger charge is 2.29. The first-order chi connectivity index (χ1) is 11.6. The quantitative estimate of drug-likeness (QED) is 0.496. The Kier molecular flexibility index (Phi) is 7.46. The number of hydrogen-bond acceptors (Lipinski definition) is 7. The van der Waals surface area contributed by atoms with Crippen LogP contribution in [0, 0.1) is 0 Å². The van der Waals surface area contributed by atoms with Gasteiger partial charge in [-0.2, -0.15) is 29.2 Å². The first-order valence-electron chi connectivity index (χ1n) is 5.60. The number of nitrogens with zero attached hydrogens (tertiary/aromatic N) is 2. The van der Waals surface area contributed by atoms with Crippen LogP contribution < -0.4 is 5.32 Å². The fraction of sp³-hybridized carbons (Fsp3) is 0. The summed E-state index contributed by atoms with van der Waals surface area (Å²) in [7, 11) is 0. The fourth-order valence-electron chi connectivity index (χ4n) is 1.66. The predicted molar refractivity (Wildman–Crippen MR) is 87.9 cm³/mol. The van der Waals surface area contributed by atoms with Crippen molar-refractivity contribution < 1.29 is 24.2 Å². The van der Waals surface area contributed by atoms with Gasteiger partial charge in [0.2, 0.25) is 0 Å². The number of benzene rings is 1. The Balaban J connectivity index is 2.65. The Labute approximate surface area is 154 Å². The summed E-state index contributed by atoms with van der Waals surface area (Å²) in [5.74, 6) is 0. The zero-order valence-corrected chi connectivity index (χ0v) is 15.0. The van der Waals surface area contributed by atoms with Crippen molar-refractivity contribution in [1.29, 1.82) is 0 Å². The molecule has 0 saturated heterocycles. The van der Waals surface area contributed by atoms with E-state index in [1.807, 2.05) is 0 Å². The van der Waals surface area contributed by atoms with Crippen LogP contribution >= 0.6 is 60.7 Å². The molecule has 0 bridgehead atoms. The van der Waals surface area contributed by atoms with Crippen LogP contribution in [0.3, 0.4) is 0 Å². The van der Waals surface area contributed by atoms with Crippen molar-refractivity contribution in [2.75, 3.05) is 5.32 Å². The van der Waals surface area contributed by atoms with Gasteiger partial charge in [0.1, 0.15) is 0 Å². The van der Waals surface area contributed by atoms with Gasteiger partial charge in [-0.3, -0.25) is 0 Å². The van der Waals surface area contributed by atoms with Crippen LogP contribution in [0.5, 0.6) is 0 Å². The third-order valence-electron chi connectivity index (χ3n) is 2.61. The van der Waals surface area contributed by atoms with Crippen molar-refractivity contribution in [2.24, 2.45) is 0 Å². The van der Waals surface area contributed by atoms with E-state index in [0.29, 0.717) is 0 Å². The Morgan fingerprint density at radius 2 is 1.33 bits per heavy atom. The molecule has 4 nitrogen and oxygen atoms in total. The second-order valence-electron chi connectivity index (χ2n) is 3.79. The normalized spacial score (nSPS) is 10.9. The minimum Gasteiger partial charge on any atom is -0.304 e. The van der Waals surface area contributed by atoms with Crippen LogP contribution in [0.4, 0.5) is 29.9 Å². The lowest BCUT2D eigenvalue weighted by Gasteiger charge is -2.17. The van der Waals surface area contributed by atoms with Crippen molar-refractivity contribution >= 4 is 72.5 Å². The average Bonchev–Trinajstić information content (AvgIpc) is 3.14. The molecule has 1 aromatic carbocycles. The number of nitrogens with one attached hydrogen (secondary N) is 1. The number of halogens is 5. The topological polar surface area (TPSA) is 46.9 Å². The van der Waals surface area contributed by atoms with Gasteiger partial charge in [0.15, 0.2) is 0 Å². The zero-order chi connectivity index (χ0) is 17.7. The molecule has 0 aliphatic rings. The molecule has 130 valence electrons. The van der Waals surface area contributed by atoms with E-state index in [0.717, 1.165) is 4.68 Å². The van der Waals surface area contributed by atoms with E-state index in [4.69, 9.17) is 0 Å². The van der Waals surface area contributed by atoms with E-state index in [1.165, 1.54) is 18.5 Å². The first-order valence-corrected chi connectivity index (χ1v) is 9.19. The van der Waals surface area contributed by atoms with E-state index in [2.05, 4.69) is 10.4 Å². The number of rotatable bonds is 6. The molecule has 2 aromatic rings. The number of aromatic nitrogens is 2. The Bertz CT molecular complexity index is 699. The molecule has 0 unspecified atom stereocenters. The predicted octanol–water partition coefficient (Wildman–Crippen LogP) is 6.85. The van der Waals surface area contributed by atoms with Gasteiger partial charge in [-0.15, -0.1) is 0 Å². The SMILES string of the molecule is O=C(Nc1c(SF)c(SF)c(SF)c(SF)c1SF)n1cccn1. The molecule has 1 N–H and O–H groups in total. The van der Waals surface area contributed by atoms with Gasteiger partial charge < -0.3 is 5.32 Å². The summed E-state index contributed by atoms with van der Waals surface area (Å²) in [6, 6.07) is 0.500. The first kappa shape index (κ1) is 19.6. The van der Waals surface area contributed by atoms with Crippen molar-refractivity contribution in [1.82, 2.24) is 9.78 Å². The van der Waals surface area contributed by atoms with Gasteiger partial charge in [0.05, 0.1) is 90.9 Å². The zero-order valence-electron chi connectivity index (χ0n) is 11.0. The smallest absolute Gasteiger partial charge is 0.304 e. The van der Waals surface area contributed by atoms with Crippen LogP contribution in [0.25, 0.3) is 0 Å². The van der Waals surface area contributed by atoms with E-state index in [-0.39, 0.29) is 0 Å². The van der Waals surface area contributed by atoms with Gasteiger partial charge in [-0.05, 0) is 6.07 Å². The minimum absolute atomic E-state index is 0.520. The third-order valence-corrected chi connectivity index (χ3v) is 5.94. The largest absolute Gasteiger partial charge is 0.346 e. The standard InChI is InChI=1S/C10H4F5N3OS5/c11-20-5-4(17-10(19)18-3-1-2-16-18)6(21-12)8(23-14)9(24-15)7(5)22-13/h1-3H,(H,17,19). The van der Waals surface area contributed by atoms with Crippen molar-refractivity contribution in [3.8, 4) is 0 Å². The van der Waals surface area contributed by atoms with Crippen LogP contribution in [0.15, 0.2) is 42.9 Å². The molecule has 0 saturated carbocycles. The number of carbonyl (C=O) groups excluding carboxylic acids is 1. The molecule has 0 aliphatic carbocycles. The van der Waals surface area contributed by atoms with E-state index >= 15 is 0 Å². The Morgan fingerprint density at radius 1 is 0.875 bits per heavy atom. The average molecular weight is 437 g/mol. The van der Waals surface area contributed by atoms with Crippen LogP contribution in [0.1, 0.15) is 0 Å². The summed E-state index contributed by atoms with van der Waals surface area (Å²) >= 11 is -2.72. The number of anilines is 1. The van der Waals surface area contributed by atoms with E-state index in [9.17, 15) is 24.2 Å². The van der Waals surface area contributed by atoms with E-state index in [1.54, 1.807) is 0 Å². The number of amides is 1. The maximum atomic E-state index is 13.3. The van der Waals surface area contributed by atoms with Gasteiger partial charge in [-0.1, -0.05) is 0 Å². The molecule has 1 heterocycles. The Hall–Kier alpha value is -0.700.